The molecule has 0 spiro atoms. The standard InChI is InChI=1S/C8H11N/c1-3-5-6-7-8-9-4-2/h3-9H,1-2H2/b6-5+,8-7+. The first-order valence-corrected chi connectivity index (χ1v) is 2.73. The minimum absolute atomic E-state index is 1.61. The Bertz CT molecular complexity index is 132. The maximum atomic E-state index is 3.52. The molecule has 1 heteroatoms. The van der Waals surface area contributed by atoms with Crippen LogP contribution < -0.4 is 5.32 Å². The number of hydrogen-bond acceptors (Lipinski definition) is 1. The molecule has 0 heterocycles. The first kappa shape index (κ1) is 7.76. The van der Waals surface area contributed by atoms with Gasteiger partial charge >= 0.3 is 0 Å². The van der Waals surface area contributed by atoms with Gasteiger partial charge in [0.15, 0.2) is 0 Å². The average molecular weight is 121 g/mol. The molecule has 0 saturated carbocycles. The van der Waals surface area contributed by atoms with Gasteiger partial charge in [-0.2, -0.15) is 0 Å². The summed E-state index contributed by atoms with van der Waals surface area (Å²) in [6.07, 6.45) is 10.7. The average Bonchev–Trinajstić information content (AvgIpc) is 1.89. The molecule has 0 rings (SSSR count). The molecule has 1 nitrogen and oxygen atoms in total. The van der Waals surface area contributed by atoms with Gasteiger partial charge in [0, 0.05) is 6.20 Å². The van der Waals surface area contributed by atoms with Crippen molar-refractivity contribution in [3.63, 3.8) is 0 Å². The number of nitrogens with one attached hydrogen (secondary N) is 1. The maximum Gasteiger partial charge on any atom is 0.000418 e. The highest BCUT2D eigenvalue weighted by Crippen LogP contribution is 1.74. The van der Waals surface area contributed by atoms with E-state index in [0.29, 0.717) is 0 Å². The quantitative estimate of drug-likeness (QED) is 0.561. The molecule has 0 aliphatic carbocycles. The highest BCUT2D eigenvalue weighted by Gasteiger charge is 1.58. The zero-order valence-corrected chi connectivity index (χ0v) is 5.38. The number of hydrogen-bond donors (Lipinski definition) is 1. The Kier molecular flexibility index (Phi) is 5.83. The zero-order chi connectivity index (χ0) is 6.95. The SMILES string of the molecule is C=C/C=C/C=C/NC=C. The van der Waals surface area contributed by atoms with E-state index in [-0.39, 0.29) is 0 Å². The molecule has 0 atom stereocenters. The van der Waals surface area contributed by atoms with E-state index in [2.05, 4.69) is 18.5 Å². The molecule has 0 aliphatic heterocycles. The highest BCUT2D eigenvalue weighted by atomic mass is 14.8. The van der Waals surface area contributed by atoms with Gasteiger partial charge in [0.25, 0.3) is 0 Å². The summed E-state index contributed by atoms with van der Waals surface area (Å²) in [6.45, 7) is 6.99. The van der Waals surface area contributed by atoms with Gasteiger partial charge in [0.05, 0.1) is 0 Å². The molecule has 0 aromatic heterocycles. The second-order valence-electron chi connectivity index (χ2n) is 1.35. The third kappa shape index (κ3) is 6.76. The molecule has 0 bridgehead atoms. The van der Waals surface area contributed by atoms with Gasteiger partial charge in [0.2, 0.25) is 0 Å². The largest absolute Gasteiger partial charge is 0.368 e. The Morgan fingerprint density at radius 2 is 1.78 bits per heavy atom. The van der Waals surface area contributed by atoms with Crippen LogP contribution in [0, 0.1) is 0 Å². The molecule has 0 amide bonds. The number of rotatable bonds is 4. The van der Waals surface area contributed by atoms with Crippen molar-refractivity contribution < 1.29 is 0 Å². The zero-order valence-electron chi connectivity index (χ0n) is 5.38. The van der Waals surface area contributed by atoms with Crippen LogP contribution in [0.25, 0.3) is 0 Å². The van der Waals surface area contributed by atoms with Crippen molar-refractivity contribution >= 4 is 0 Å². The second-order valence-corrected chi connectivity index (χ2v) is 1.35. The van der Waals surface area contributed by atoms with Crippen molar-refractivity contribution in [1.82, 2.24) is 5.32 Å². The fourth-order valence-electron chi connectivity index (χ4n) is 0.322. The normalized spacial score (nSPS) is 10.2. The minimum atomic E-state index is 1.61. The Labute approximate surface area is 56.1 Å². The van der Waals surface area contributed by atoms with Gasteiger partial charge < -0.3 is 5.32 Å². The van der Waals surface area contributed by atoms with E-state index in [9.17, 15) is 0 Å². The topological polar surface area (TPSA) is 12.0 Å². The third-order valence-electron chi connectivity index (χ3n) is 0.669. The summed E-state index contributed by atoms with van der Waals surface area (Å²) in [5, 5.41) is 2.80. The van der Waals surface area contributed by atoms with E-state index in [0.717, 1.165) is 0 Å². The molecule has 0 aromatic rings. The fourth-order valence-corrected chi connectivity index (χ4v) is 0.322. The van der Waals surface area contributed by atoms with E-state index in [4.69, 9.17) is 0 Å². The van der Waals surface area contributed by atoms with Gasteiger partial charge in [0.1, 0.15) is 0 Å². The smallest absolute Gasteiger partial charge is 0.000418 e. The molecular formula is C8H11N. The van der Waals surface area contributed by atoms with Gasteiger partial charge in [-0.25, -0.2) is 0 Å². The molecule has 0 fully saturated rings. The van der Waals surface area contributed by atoms with E-state index in [1.54, 1.807) is 18.5 Å². The van der Waals surface area contributed by atoms with Gasteiger partial charge in [-0.05, 0) is 12.3 Å². The van der Waals surface area contributed by atoms with Crippen LogP contribution in [0.2, 0.25) is 0 Å². The Hall–Kier alpha value is -1.24. The van der Waals surface area contributed by atoms with Gasteiger partial charge in [-0.15, -0.1) is 0 Å². The molecule has 0 aliphatic rings. The summed E-state index contributed by atoms with van der Waals surface area (Å²) in [4.78, 5) is 0. The maximum absolute atomic E-state index is 3.52. The number of allylic oxidation sites excluding steroid dienone is 4. The van der Waals surface area contributed by atoms with Crippen molar-refractivity contribution in [1.29, 1.82) is 0 Å². The van der Waals surface area contributed by atoms with Crippen molar-refractivity contribution in [2.24, 2.45) is 0 Å². The lowest BCUT2D eigenvalue weighted by Crippen LogP contribution is -1.87. The summed E-state index contributed by atoms with van der Waals surface area (Å²) in [7, 11) is 0. The highest BCUT2D eigenvalue weighted by molar-refractivity contribution is 5.08. The summed E-state index contributed by atoms with van der Waals surface area (Å²) in [5.74, 6) is 0. The Balaban J connectivity index is 3.33. The molecule has 0 unspecified atom stereocenters. The fraction of sp³-hybridized carbons (Fsp3) is 0. The predicted molar refractivity (Wildman–Crippen MR) is 41.8 cm³/mol. The van der Waals surface area contributed by atoms with Crippen LogP contribution in [-0.4, -0.2) is 0 Å². The van der Waals surface area contributed by atoms with Crippen molar-refractivity contribution in [2.75, 3.05) is 0 Å². The van der Waals surface area contributed by atoms with Crippen LogP contribution in [-0.2, 0) is 0 Å². The van der Waals surface area contributed by atoms with E-state index in [1.165, 1.54) is 0 Å². The summed E-state index contributed by atoms with van der Waals surface area (Å²) >= 11 is 0. The summed E-state index contributed by atoms with van der Waals surface area (Å²) in [6, 6.07) is 0. The molecule has 0 radical (unpaired) electrons. The molecular weight excluding hydrogens is 110 g/mol. The van der Waals surface area contributed by atoms with E-state index < -0.39 is 0 Å². The van der Waals surface area contributed by atoms with Crippen LogP contribution in [0.5, 0.6) is 0 Å². The van der Waals surface area contributed by atoms with Gasteiger partial charge in [-0.3, -0.25) is 0 Å². The monoisotopic (exact) mass is 121 g/mol. The summed E-state index contributed by atoms with van der Waals surface area (Å²) < 4.78 is 0. The van der Waals surface area contributed by atoms with Gasteiger partial charge in [-0.1, -0.05) is 31.4 Å². The predicted octanol–water partition coefficient (Wildman–Crippen LogP) is 1.98. The molecule has 9 heavy (non-hydrogen) atoms. The minimum Gasteiger partial charge on any atom is -0.368 e. The second kappa shape index (κ2) is 6.76. The van der Waals surface area contributed by atoms with Crippen LogP contribution in [0.1, 0.15) is 0 Å². The first-order chi connectivity index (χ1) is 4.41. The van der Waals surface area contributed by atoms with Crippen LogP contribution >= 0.6 is 0 Å². The van der Waals surface area contributed by atoms with Crippen LogP contribution in [0.4, 0.5) is 0 Å². The lowest BCUT2D eigenvalue weighted by atomic mass is 10.5. The Morgan fingerprint density at radius 1 is 1.00 bits per heavy atom. The molecule has 0 saturated heterocycles. The summed E-state index contributed by atoms with van der Waals surface area (Å²) in [5.41, 5.74) is 0. The van der Waals surface area contributed by atoms with Crippen molar-refractivity contribution in [2.45, 2.75) is 0 Å². The van der Waals surface area contributed by atoms with Crippen molar-refractivity contribution in [3.8, 4) is 0 Å². The lowest BCUT2D eigenvalue weighted by Gasteiger charge is -1.80. The molecule has 0 aromatic carbocycles. The first-order valence-electron chi connectivity index (χ1n) is 2.73. The third-order valence-corrected chi connectivity index (χ3v) is 0.669. The van der Waals surface area contributed by atoms with Crippen LogP contribution in [0.3, 0.4) is 0 Å². The van der Waals surface area contributed by atoms with E-state index >= 15 is 0 Å². The van der Waals surface area contributed by atoms with Crippen LogP contribution in [0.15, 0.2) is 49.9 Å². The Morgan fingerprint density at radius 3 is 2.33 bits per heavy atom. The lowest BCUT2D eigenvalue weighted by molar-refractivity contribution is 1.20. The molecule has 1 N–H and O–H groups in total. The van der Waals surface area contributed by atoms with E-state index in [1.807, 2.05) is 18.2 Å². The van der Waals surface area contributed by atoms with Crippen molar-refractivity contribution in [3.05, 3.63) is 49.9 Å². The molecule has 48 valence electrons.